The van der Waals surface area contributed by atoms with Crippen molar-refractivity contribution in [2.45, 2.75) is 79.1 Å². The molecule has 0 aromatic heterocycles. The van der Waals surface area contributed by atoms with Crippen molar-refractivity contribution in [3.63, 3.8) is 0 Å². The fourth-order valence-corrected chi connectivity index (χ4v) is 5.72. The Hall–Kier alpha value is -2.65. The van der Waals surface area contributed by atoms with Gasteiger partial charge in [0.1, 0.15) is 5.16 Å². The highest BCUT2D eigenvalue weighted by atomic mass is 35.5. The van der Waals surface area contributed by atoms with Gasteiger partial charge in [0.15, 0.2) is 0 Å². The maximum absolute atomic E-state index is 7.26. The lowest BCUT2D eigenvalue weighted by molar-refractivity contribution is 0.831. The van der Waals surface area contributed by atoms with Crippen molar-refractivity contribution in [1.82, 2.24) is 0 Å². The monoisotopic (exact) mass is 498 g/mol. The molecule has 36 heavy (non-hydrogen) atoms. The number of hydrogen-bond acceptors (Lipinski definition) is 2. The van der Waals surface area contributed by atoms with Crippen LogP contribution in [0.25, 0.3) is 0 Å². The maximum atomic E-state index is 7.26. The highest BCUT2D eigenvalue weighted by Gasteiger charge is 2.43. The molecule has 0 bridgehead atoms. The molecule has 0 spiro atoms. The van der Waals surface area contributed by atoms with E-state index in [9.17, 15) is 0 Å². The minimum atomic E-state index is -0.0755. The lowest BCUT2D eigenvalue weighted by Gasteiger charge is -2.36. The van der Waals surface area contributed by atoms with Gasteiger partial charge in [-0.2, -0.15) is 0 Å². The molecule has 0 saturated heterocycles. The summed E-state index contributed by atoms with van der Waals surface area (Å²) in [4.78, 5) is 4.81. The molecule has 0 aliphatic carbocycles. The zero-order chi connectivity index (χ0) is 26.1. The molecule has 0 atom stereocenters. The van der Waals surface area contributed by atoms with Gasteiger partial charge >= 0.3 is 6.98 Å². The summed E-state index contributed by atoms with van der Waals surface area (Å²) in [6.07, 6.45) is 2.16. The van der Waals surface area contributed by atoms with Gasteiger partial charge < -0.3 is 9.62 Å². The van der Waals surface area contributed by atoms with Gasteiger partial charge in [-0.15, -0.1) is 0 Å². The molecule has 4 rings (SSSR count). The summed E-state index contributed by atoms with van der Waals surface area (Å²) in [7, 11) is 0. The smallest absolute Gasteiger partial charge is 0.365 e. The summed E-state index contributed by atoms with van der Waals surface area (Å²) in [5.41, 5.74) is 9.12. The number of para-hydroxylation sites is 2. The third kappa shape index (κ3) is 4.83. The topological polar surface area (TPSA) is 6.48 Å². The van der Waals surface area contributed by atoms with Crippen LogP contribution in [-0.4, -0.2) is 6.98 Å². The maximum Gasteiger partial charge on any atom is 0.421 e. The van der Waals surface area contributed by atoms with Crippen molar-refractivity contribution in [2.24, 2.45) is 0 Å². The fourth-order valence-electron chi connectivity index (χ4n) is 5.44. The third-order valence-corrected chi connectivity index (χ3v) is 7.55. The van der Waals surface area contributed by atoms with E-state index in [1.807, 2.05) is 0 Å². The molecule has 1 aliphatic heterocycles. The molecule has 0 amide bonds. The Morgan fingerprint density at radius 2 is 0.972 bits per heavy atom. The predicted octanol–water partition coefficient (Wildman–Crippen LogP) is 8.94. The highest BCUT2D eigenvalue weighted by Crippen LogP contribution is 2.44. The van der Waals surface area contributed by atoms with Gasteiger partial charge in [0.05, 0.1) is 0 Å². The molecule has 3 aromatic carbocycles. The number of nitrogens with zero attached hydrogens (tertiary/aromatic N) is 2. The van der Waals surface area contributed by atoms with Crippen molar-refractivity contribution in [3.8, 4) is 0 Å². The van der Waals surface area contributed by atoms with Crippen LogP contribution in [0.1, 0.15) is 101 Å². The second-order valence-electron chi connectivity index (χ2n) is 11.2. The van der Waals surface area contributed by atoms with Gasteiger partial charge in [0, 0.05) is 17.6 Å². The van der Waals surface area contributed by atoms with E-state index in [0.717, 1.165) is 5.16 Å². The molecule has 4 heteroatoms. The van der Waals surface area contributed by atoms with Crippen LogP contribution in [0.15, 0.2) is 78.1 Å². The van der Waals surface area contributed by atoms with Crippen LogP contribution in [0.2, 0.25) is 0 Å². The molecule has 2 nitrogen and oxygen atoms in total. The zero-order valence-electron chi connectivity index (χ0n) is 23.1. The Bertz CT molecular complexity index is 1180. The second kappa shape index (κ2) is 10.8. The third-order valence-electron chi connectivity index (χ3n) is 7.27. The average Bonchev–Trinajstić information content (AvgIpc) is 3.19. The summed E-state index contributed by atoms with van der Waals surface area (Å²) < 4.78 is 0. The Balaban J connectivity index is 2.03. The Morgan fingerprint density at radius 1 is 0.556 bits per heavy atom. The summed E-state index contributed by atoms with van der Waals surface area (Å²) >= 11 is 7.26. The van der Waals surface area contributed by atoms with Gasteiger partial charge in [-0.1, -0.05) is 134 Å². The van der Waals surface area contributed by atoms with Crippen LogP contribution in [0.3, 0.4) is 0 Å². The van der Waals surface area contributed by atoms with Gasteiger partial charge in [0.2, 0.25) is 0 Å². The van der Waals surface area contributed by atoms with Crippen molar-refractivity contribution < 1.29 is 0 Å². The van der Waals surface area contributed by atoms with Crippen molar-refractivity contribution in [2.75, 3.05) is 9.62 Å². The van der Waals surface area contributed by atoms with Gasteiger partial charge in [0.25, 0.3) is 0 Å². The molecular weight excluding hydrogens is 459 g/mol. The molecule has 0 saturated carbocycles. The highest BCUT2D eigenvalue weighted by molar-refractivity contribution is 6.83. The molecule has 0 radical (unpaired) electrons. The molecule has 1 heterocycles. The van der Waals surface area contributed by atoms with Gasteiger partial charge in [-0.3, -0.25) is 0 Å². The normalized spacial score (nSPS) is 14.1. The number of benzene rings is 3. The lowest BCUT2D eigenvalue weighted by atomic mass is 9.63. The number of hydrogen-bond donors (Lipinski definition) is 0. The van der Waals surface area contributed by atoms with Gasteiger partial charge in [-0.25, -0.2) is 0 Å². The number of anilines is 2. The van der Waals surface area contributed by atoms with E-state index >= 15 is 0 Å². The first-order valence-electron chi connectivity index (χ1n) is 13.4. The molecule has 3 aromatic rings. The molecular formula is C32H40BClN2. The van der Waals surface area contributed by atoms with E-state index < -0.39 is 0 Å². The summed E-state index contributed by atoms with van der Waals surface area (Å²) in [6, 6.07) is 24.3. The lowest BCUT2D eigenvalue weighted by Crippen LogP contribution is -2.55. The molecule has 188 valence electrons. The van der Waals surface area contributed by atoms with E-state index in [1.54, 1.807) is 0 Å². The zero-order valence-corrected chi connectivity index (χ0v) is 23.8. The first-order valence-corrected chi connectivity index (χ1v) is 13.8. The second-order valence-corrected chi connectivity index (χ2v) is 11.6. The van der Waals surface area contributed by atoms with Crippen LogP contribution in [0, 0.1) is 0 Å². The van der Waals surface area contributed by atoms with Gasteiger partial charge in [-0.05, 0) is 51.4 Å². The van der Waals surface area contributed by atoms with Crippen molar-refractivity contribution in [3.05, 3.63) is 100 Å². The quantitative estimate of drug-likeness (QED) is 0.237. The van der Waals surface area contributed by atoms with E-state index in [0.29, 0.717) is 23.7 Å². The van der Waals surface area contributed by atoms with Crippen LogP contribution < -0.4 is 15.1 Å². The Kier molecular flexibility index (Phi) is 7.90. The van der Waals surface area contributed by atoms with E-state index in [1.165, 1.54) is 39.1 Å². The first-order chi connectivity index (χ1) is 17.1. The first kappa shape index (κ1) is 26.4. The molecule has 1 aliphatic rings. The Morgan fingerprint density at radius 3 is 1.39 bits per heavy atom. The summed E-state index contributed by atoms with van der Waals surface area (Å²) in [5.74, 6) is 1.54. The summed E-state index contributed by atoms with van der Waals surface area (Å²) in [6.45, 7) is 18.2. The van der Waals surface area contributed by atoms with Crippen LogP contribution in [0.4, 0.5) is 11.4 Å². The molecule has 0 N–H and O–H groups in total. The van der Waals surface area contributed by atoms with E-state index in [2.05, 4.69) is 138 Å². The average molecular weight is 499 g/mol. The van der Waals surface area contributed by atoms with E-state index in [-0.39, 0.29) is 6.98 Å². The van der Waals surface area contributed by atoms with E-state index in [4.69, 9.17) is 11.6 Å². The summed E-state index contributed by atoms with van der Waals surface area (Å²) in [5, 5.41) is 0.757. The number of halogens is 1. The predicted molar refractivity (Wildman–Crippen MR) is 160 cm³/mol. The minimum absolute atomic E-state index is 0.0755. The Labute approximate surface area is 224 Å². The minimum Gasteiger partial charge on any atom is -0.365 e. The molecule has 0 unspecified atom stereocenters. The number of rotatable bonds is 7. The van der Waals surface area contributed by atoms with Crippen LogP contribution in [0.5, 0.6) is 0 Å². The van der Waals surface area contributed by atoms with Crippen molar-refractivity contribution in [1.29, 1.82) is 0 Å². The molecule has 0 fully saturated rings. The largest absolute Gasteiger partial charge is 0.421 e. The fraction of sp³-hybridized carbons (Fsp3) is 0.375. The standard InChI is InChI=1S/C32H40BClN2/c1-21(2)26-16-12-17-27(22(3)4)31(26)35-20-30(34)36(33(35)25-14-10-9-11-15-25)32-28(23(5)6)18-13-19-29(32)24(7)8/h9-24H,1-8H3. The van der Waals surface area contributed by atoms with Crippen molar-refractivity contribution >= 4 is 35.4 Å². The van der Waals surface area contributed by atoms with Crippen LogP contribution in [-0.2, 0) is 0 Å². The SMILES string of the molecule is CC(C)c1cccc(C(C)C)c1N1C=C(Cl)N(c2c(C(C)C)cccc2C(C)C)B1c1ccccc1. The van der Waals surface area contributed by atoms with Crippen LogP contribution >= 0.6 is 11.6 Å².